The average Bonchev–Trinajstić information content (AvgIpc) is 2.96. The Labute approximate surface area is 121 Å². The van der Waals surface area contributed by atoms with Crippen molar-refractivity contribution in [3.8, 4) is 0 Å². The van der Waals surface area contributed by atoms with Gasteiger partial charge in [-0.3, -0.25) is 4.79 Å². The molecule has 18 heavy (non-hydrogen) atoms. The molecule has 2 aromatic heterocycles. The third-order valence-electron chi connectivity index (χ3n) is 2.14. The molecule has 0 atom stereocenters. The molecule has 2 aromatic rings. The lowest BCUT2D eigenvalue weighted by molar-refractivity contribution is -0.139. The van der Waals surface area contributed by atoms with Crippen molar-refractivity contribution < 1.29 is 9.53 Å². The smallest absolute Gasteiger partial charge is 0.311 e. The molecule has 0 saturated heterocycles. The molecule has 7 heteroatoms. The number of methoxy groups -OCH3 is 1. The summed E-state index contributed by atoms with van der Waals surface area (Å²) in [5.41, 5.74) is 0.738. The lowest BCUT2D eigenvalue weighted by Crippen LogP contribution is -2.05. The van der Waals surface area contributed by atoms with Gasteiger partial charge in [0.15, 0.2) is 5.13 Å². The highest BCUT2D eigenvalue weighted by atomic mass is 79.9. The number of nitrogens with one attached hydrogen (secondary N) is 1. The molecule has 0 aromatic carbocycles. The van der Waals surface area contributed by atoms with Crippen LogP contribution in [0.2, 0.25) is 0 Å². The number of rotatable bonds is 5. The van der Waals surface area contributed by atoms with Crippen LogP contribution >= 0.6 is 38.6 Å². The van der Waals surface area contributed by atoms with Crippen LogP contribution in [-0.4, -0.2) is 18.1 Å². The first-order valence-corrected chi connectivity index (χ1v) is 7.70. The molecular formula is C11H11BrN2O2S2. The van der Waals surface area contributed by atoms with Crippen molar-refractivity contribution >= 4 is 49.7 Å². The number of halogens is 1. The summed E-state index contributed by atoms with van der Waals surface area (Å²) in [5, 5.41) is 7.96. The minimum absolute atomic E-state index is 0.221. The largest absolute Gasteiger partial charge is 0.469 e. The molecule has 0 aliphatic carbocycles. The molecule has 0 aliphatic rings. The SMILES string of the molecule is COC(=O)Cc1csc(NCc2cc(Br)cs2)n1. The fourth-order valence-corrected chi connectivity index (χ4v) is 3.40. The summed E-state index contributed by atoms with van der Waals surface area (Å²) < 4.78 is 5.69. The summed E-state index contributed by atoms with van der Waals surface area (Å²) in [6.07, 6.45) is 0.221. The van der Waals surface area contributed by atoms with E-state index >= 15 is 0 Å². The van der Waals surface area contributed by atoms with Crippen LogP contribution < -0.4 is 5.32 Å². The minimum Gasteiger partial charge on any atom is -0.469 e. The molecular weight excluding hydrogens is 336 g/mol. The fraction of sp³-hybridized carbons (Fsp3) is 0.273. The number of hydrogen-bond donors (Lipinski definition) is 1. The summed E-state index contributed by atoms with van der Waals surface area (Å²) in [6, 6.07) is 2.07. The number of nitrogens with zero attached hydrogens (tertiary/aromatic N) is 1. The van der Waals surface area contributed by atoms with Gasteiger partial charge in [-0.15, -0.1) is 22.7 Å². The predicted molar refractivity (Wildman–Crippen MR) is 77.2 cm³/mol. The molecule has 0 radical (unpaired) electrons. The summed E-state index contributed by atoms with van der Waals surface area (Å²) in [7, 11) is 1.38. The quantitative estimate of drug-likeness (QED) is 0.844. The first-order valence-electron chi connectivity index (χ1n) is 5.15. The van der Waals surface area contributed by atoms with Crippen molar-refractivity contribution in [3.63, 3.8) is 0 Å². The average molecular weight is 347 g/mol. The van der Waals surface area contributed by atoms with Crippen LogP contribution in [0.3, 0.4) is 0 Å². The van der Waals surface area contributed by atoms with Gasteiger partial charge in [-0.25, -0.2) is 4.98 Å². The molecule has 0 saturated carbocycles. The van der Waals surface area contributed by atoms with Gasteiger partial charge in [0.1, 0.15) is 0 Å². The van der Waals surface area contributed by atoms with E-state index in [0.29, 0.717) is 0 Å². The van der Waals surface area contributed by atoms with E-state index in [9.17, 15) is 4.79 Å². The number of ether oxygens (including phenoxy) is 1. The number of carbonyl (C=O) groups excluding carboxylic acids is 1. The van der Waals surface area contributed by atoms with Crippen LogP contribution in [0.15, 0.2) is 21.3 Å². The van der Waals surface area contributed by atoms with E-state index < -0.39 is 0 Å². The third-order valence-corrected chi connectivity index (χ3v) is 4.69. The van der Waals surface area contributed by atoms with Crippen LogP contribution in [0.25, 0.3) is 0 Å². The summed E-state index contributed by atoms with van der Waals surface area (Å²) in [6.45, 7) is 0.738. The highest BCUT2D eigenvalue weighted by Gasteiger charge is 2.07. The van der Waals surface area contributed by atoms with Gasteiger partial charge in [0.2, 0.25) is 0 Å². The molecule has 0 aliphatic heterocycles. The molecule has 2 rings (SSSR count). The fourth-order valence-electron chi connectivity index (χ4n) is 1.30. The number of carbonyl (C=O) groups is 1. The zero-order chi connectivity index (χ0) is 13.0. The molecule has 0 bridgehead atoms. The van der Waals surface area contributed by atoms with Gasteiger partial charge in [-0.2, -0.15) is 0 Å². The molecule has 0 spiro atoms. The maximum atomic E-state index is 11.1. The van der Waals surface area contributed by atoms with E-state index in [2.05, 4.69) is 37.0 Å². The standard InChI is InChI=1S/C11H11BrN2O2S2/c1-16-10(15)3-8-6-18-11(14-8)13-4-9-2-7(12)5-17-9/h2,5-6H,3-4H2,1H3,(H,13,14). The van der Waals surface area contributed by atoms with Gasteiger partial charge in [0.05, 0.1) is 25.8 Å². The lowest BCUT2D eigenvalue weighted by atomic mass is 10.3. The summed E-state index contributed by atoms with van der Waals surface area (Å²) >= 11 is 6.59. The van der Waals surface area contributed by atoms with Crippen molar-refractivity contribution in [3.05, 3.63) is 31.9 Å². The Morgan fingerprint density at radius 3 is 3.00 bits per heavy atom. The number of thiophene rings is 1. The van der Waals surface area contributed by atoms with E-state index in [0.717, 1.165) is 21.8 Å². The van der Waals surface area contributed by atoms with E-state index in [1.54, 1.807) is 11.3 Å². The first-order chi connectivity index (χ1) is 8.67. The number of aromatic nitrogens is 1. The predicted octanol–water partition coefficient (Wildman–Crippen LogP) is 3.29. The molecule has 96 valence electrons. The van der Waals surface area contributed by atoms with Crippen LogP contribution in [0.4, 0.5) is 5.13 Å². The topological polar surface area (TPSA) is 51.2 Å². The maximum Gasteiger partial charge on any atom is 0.311 e. The molecule has 4 nitrogen and oxygen atoms in total. The van der Waals surface area contributed by atoms with Gasteiger partial charge < -0.3 is 10.1 Å². The highest BCUT2D eigenvalue weighted by molar-refractivity contribution is 9.10. The van der Waals surface area contributed by atoms with Crippen LogP contribution in [0.1, 0.15) is 10.6 Å². The van der Waals surface area contributed by atoms with Gasteiger partial charge in [-0.1, -0.05) is 0 Å². The van der Waals surface area contributed by atoms with Gasteiger partial charge in [0, 0.05) is 20.1 Å². The summed E-state index contributed by atoms with van der Waals surface area (Å²) in [5.74, 6) is -0.269. The Kier molecular flexibility index (Phi) is 4.73. The highest BCUT2D eigenvalue weighted by Crippen LogP contribution is 2.22. The van der Waals surface area contributed by atoms with E-state index in [1.165, 1.54) is 23.3 Å². The van der Waals surface area contributed by atoms with Gasteiger partial charge >= 0.3 is 5.97 Å². The lowest BCUT2D eigenvalue weighted by Gasteiger charge is -1.99. The van der Waals surface area contributed by atoms with Gasteiger partial charge in [-0.05, 0) is 22.0 Å². The molecule has 0 fully saturated rings. The van der Waals surface area contributed by atoms with Crippen LogP contribution in [0, 0.1) is 0 Å². The zero-order valence-corrected chi connectivity index (χ0v) is 12.8. The molecule has 0 amide bonds. The molecule has 2 heterocycles. The number of anilines is 1. The van der Waals surface area contributed by atoms with E-state index in [-0.39, 0.29) is 12.4 Å². The minimum atomic E-state index is -0.269. The summed E-state index contributed by atoms with van der Waals surface area (Å²) in [4.78, 5) is 16.6. The third kappa shape index (κ3) is 3.79. The Morgan fingerprint density at radius 1 is 1.50 bits per heavy atom. The van der Waals surface area contributed by atoms with Crippen molar-refractivity contribution in [2.45, 2.75) is 13.0 Å². The first kappa shape index (κ1) is 13.5. The van der Waals surface area contributed by atoms with Crippen LogP contribution in [0.5, 0.6) is 0 Å². The Balaban J connectivity index is 1.88. The monoisotopic (exact) mass is 346 g/mol. The van der Waals surface area contributed by atoms with E-state index in [1.807, 2.05) is 10.8 Å². The Bertz CT molecular complexity index is 539. The number of thiazole rings is 1. The maximum absolute atomic E-state index is 11.1. The van der Waals surface area contributed by atoms with E-state index in [4.69, 9.17) is 0 Å². The second-order valence-corrected chi connectivity index (χ2v) is 6.25. The molecule has 0 unspecified atom stereocenters. The van der Waals surface area contributed by atoms with Crippen molar-refractivity contribution in [2.24, 2.45) is 0 Å². The van der Waals surface area contributed by atoms with Crippen molar-refractivity contribution in [1.29, 1.82) is 0 Å². The number of hydrogen-bond acceptors (Lipinski definition) is 6. The van der Waals surface area contributed by atoms with Crippen molar-refractivity contribution in [2.75, 3.05) is 12.4 Å². The van der Waals surface area contributed by atoms with Gasteiger partial charge in [0.25, 0.3) is 0 Å². The normalized spacial score (nSPS) is 10.3. The van der Waals surface area contributed by atoms with Crippen molar-refractivity contribution in [1.82, 2.24) is 4.98 Å². The Morgan fingerprint density at radius 2 is 2.33 bits per heavy atom. The second kappa shape index (κ2) is 6.31. The van der Waals surface area contributed by atoms with Crippen LogP contribution in [-0.2, 0) is 22.5 Å². The second-order valence-electron chi connectivity index (χ2n) is 3.48. The molecule has 1 N–H and O–H groups in total. The Hall–Kier alpha value is -0.920. The number of esters is 1. The zero-order valence-electron chi connectivity index (χ0n) is 9.60.